The van der Waals surface area contributed by atoms with Crippen molar-refractivity contribution in [1.29, 1.82) is 0 Å². The van der Waals surface area contributed by atoms with E-state index in [2.05, 4.69) is 10.2 Å². The zero-order chi connectivity index (χ0) is 37.7. The van der Waals surface area contributed by atoms with Crippen LogP contribution in [-0.4, -0.2) is 86.5 Å². The van der Waals surface area contributed by atoms with E-state index in [1.807, 2.05) is 0 Å². The summed E-state index contributed by atoms with van der Waals surface area (Å²) in [5.41, 5.74) is -4.78. The van der Waals surface area contributed by atoms with Crippen molar-refractivity contribution in [2.75, 3.05) is 10.0 Å². The molecule has 274 valence electrons. The lowest BCUT2D eigenvalue weighted by Crippen LogP contribution is -2.64. The van der Waals surface area contributed by atoms with Crippen LogP contribution in [0.15, 0.2) is 95.1 Å². The van der Waals surface area contributed by atoms with Gasteiger partial charge in [-0.1, -0.05) is 36.4 Å². The second kappa shape index (κ2) is 13.6. The molecular weight excluding hydrogens is 712 g/mol. The van der Waals surface area contributed by atoms with E-state index in [1.54, 1.807) is 0 Å². The van der Waals surface area contributed by atoms with E-state index >= 15 is 0 Å². The van der Waals surface area contributed by atoms with E-state index in [-0.39, 0.29) is 27.1 Å². The first kappa shape index (κ1) is 36.4. The first-order valence-corrected chi connectivity index (χ1v) is 15.2. The Morgan fingerprint density at radius 2 is 1.15 bits per heavy atom. The number of amides is 2. The van der Waals surface area contributed by atoms with Crippen molar-refractivity contribution in [2.45, 2.75) is 43.1 Å². The SMILES string of the molecule is O=C1C(C(C2C(=O)N(c3ccccc3)N=C2C(F)(F)F)C2O[C@@H](Oc3ccc([N+](=O)[O-])cc3)C(O)[C@@H](O)[C@H]2O)C(C(F)(F)F)=NN1c1ccccc1. The van der Waals surface area contributed by atoms with Gasteiger partial charge in [-0.25, -0.2) is 0 Å². The topological polar surface area (TPSA) is 188 Å². The summed E-state index contributed by atoms with van der Waals surface area (Å²) in [6.07, 6.45) is -22.9. The Kier molecular flexibility index (Phi) is 9.51. The molecule has 0 spiro atoms. The molecule has 6 rings (SSSR count). The van der Waals surface area contributed by atoms with Crippen LogP contribution in [-0.2, 0) is 14.3 Å². The number of non-ortho nitro benzene ring substituents is 1. The number of aliphatic hydroxyl groups excluding tert-OH is 3. The van der Waals surface area contributed by atoms with Gasteiger partial charge in [0.2, 0.25) is 6.29 Å². The Bertz CT molecular complexity index is 1800. The highest BCUT2D eigenvalue weighted by atomic mass is 19.4. The van der Waals surface area contributed by atoms with E-state index in [1.165, 1.54) is 60.7 Å². The third-order valence-electron chi connectivity index (χ3n) is 8.59. The van der Waals surface area contributed by atoms with Crippen LogP contribution < -0.4 is 14.8 Å². The molecule has 0 saturated carbocycles. The first-order valence-electron chi connectivity index (χ1n) is 15.2. The summed E-state index contributed by atoms with van der Waals surface area (Å²) in [4.78, 5) is 38.4. The molecule has 3 aromatic carbocycles. The predicted molar refractivity (Wildman–Crippen MR) is 166 cm³/mol. The minimum atomic E-state index is -5.52. The average molecular weight is 738 g/mol. The Morgan fingerprint density at radius 3 is 1.56 bits per heavy atom. The Labute approximate surface area is 287 Å². The highest BCUT2D eigenvalue weighted by molar-refractivity contribution is 6.21. The third kappa shape index (κ3) is 6.67. The number of nitro benzene ring substituents is 1. The molecule has 0 aliphatic carbocycles. The van der Waals surface area contributed by atoms with Crippen molar-refractivity contribution < 1.29 is 65.6 Å². The van der Waals surface area contributed by atoms with Crippen molar-refractivity contribution in [3.05, 3.63) is 95.0 Å². The third-order valence-corrected chi connectivity index (χ3v) is 8.59. The summed E-state index contributed by atoms with van der Waals surface area (Å²) in [5.74, 6) is -11.7. The van der Waals surface area contributed by atoms with Crippen LogP contribution in [0.3, 0.4) is 0 Å². The van der Waals surface area contributed by atoms with Crippen molar-refractivity contribution in [3.63, 3.8) is 0 Å². The number of alkyl halides is 6. The van der Waals surface area contributed by atoms with Crippen molar-refractivity contribution >= 4 is 40.3 Å². The molecule has 3 aliphatic heterocycles. The number of aliphatic hydroxyl groups is 3. The molecule has 3 aliphatic rings. The van der Waals surface area contributed by atoms with Crippen molar-refractivity contribution in [1.82, 2.24) is 0 Å². The minimum absolute atomic E-state index is 0.233. The van der Waals surface area contributed by atoms with Gasteiger partial charge in [-0.3, -0.25) is 19.7 Å². The van der Waals surface area contributed by atoms with Crippen molar-refractivity contribution in [3.8, 4) is 5.75 Å². The van der Waals surface area contributed by atoms with Crippen LogP contribution in [0.5, 0.6) is 5.75 Å². The molecule has 14 nitrogen and oxygen atoms in total. The highest BCUT2D eigenvalue weighted by Gasteiger charge is 2.65. The van der Waals surface area contributed by atoms with Crippen LogP contribution >= 0.6 is 0 Å². The van der Waals surface area contributed by atoms with Gasteiger partial charge in [0.1, 0.15) is 24.1 Å². The monoisotopic (exact) mass is 737 g/mol. The van der Waals surface area contributed by atoms with E-state index in [4.69, 9.17) is 9.47 Å². The van der Waals surface area contributed by atoms with E-state index < -0.39 is 94.7 Å². The first-order chi connectivity index (χ1) is 24.5. The molecule has 0 bridgehead atoms. The lowest BCUT2D eigenvalue weighted by Gasteiger charge is -2.45. The number of hydrogen-bond acceptors (Lipinski definition) is 11. The molecule has 3 aromatic rings. The number of halogens is 6. The van der Waals surface area contributed by atoms with Gasteiger partial charge in [-0.05, 0) is 36.4 Å². The molecule has 3 heterocycles. The number of nitrogens with zero attached hydrogens (tertiary/aromatic N) is 5. The molecule has 0 aromatic heterocycles. The summed E-state index contributed by atoms with van der Waals surface area (Å²) < 4.78 is 100. The number of nitro groups is 1. The predicted octanol–water partition coefficient (Wildman–Crippen LogP) is 3.56. The summed E-state index contributed by atoms with van der Waals surface area (Å²) in [5, 5.41) is 51.4. The standard InChI is InChI=1S/C32H25F6N5O9/c33-31(34,35)26-20(28(47)41(39-26)15-7-3-1-4-8-15)19(21-27(32(36,37)38)40-42(29(21)48)16-9-5-2-6-10-16)25-23(45)22(44)24(46)30(52-25)51-18-13-11-17(12-14-18)43(49)50/h1-14,19-25,30,44-46H/t19?,20?,21?,22-,23+,24?,25?,30+/m0/s1. The summed E-state index contributed by atoms with van der Waals surface area (Å²) >= 11 is 0. The van der Waals surface area contributed by atoms with Gasteiger partial charge in [0, 0.05) is 18.1 Å². The van der Waals surface area contributed by atoms with Gasteiger partial charge >= 0.3 is 12.4 Å². The number of hydrazone groups is 2. The van der Waals surface area contributed by atoms with Gasteiger partial charge in [-0.2, -0.15) is 46.6 Å². The van der Waals surface area contributed by atoms with E-state index in [9.17, 15) is 61.4 Å². The van der Waals surface area contributed by atoms with Gasteiger partial charge < -0.3 is 24.8 Å². The Hall–Kier alpha value is -5.44. The Morgan fingerprint density at radius 1 is 0.712 bits per heavy atom. The molecule has 1 saturated heterocycles. The lowest BCUT2D eigenvalue weighted by atomic mass is 9.70. The average Bonchev–Trinajstić information content (AvgIpc) is 3.64. The van der Waals surface area contributed by atoms with Gasteiger partial charge in [0.05, 0.1) is 34.2 Å². The van der Waals surface area contributed by atoms with Crippen LogP contribution in [0.1, 0.15) is 0 Å². The molecule has 3 N–H and O–H groups in total. The molecule has 20 heteroatoms. The highest BCUT2D eigenvalue weighted by Crippen LogP contribution is 2.47. The lowest BCUT2D eigenvalue weighted by molar-refractivity contribution is -0.384. The van der Waals surface area contributed by atoms with Crippen LogP contribution in [0.4, 0.5) is 43.4 Å². The minimum Gasteiger partial charge on any atom is -0.462 e. The fraction of sp³-hybridized carbons (Fsp3) is 0.312. The van der Waals surface area contributed by atoms with Crippen LogP contribution in [0, 0.1) is 27.9 Å². The summed E-state index contributed by atoms with van der Waals surface area (Å²) in [6.45, 7) is 0. The van der Waals surface area contributed by atoms with E-state index in [0.717, 1.165) is 24.3 Å². The van der Waals surface area contributed by atoms with Gasteiger partial charge in [-0.15, -0.1) is 0 Å². The number of anilines is 2. The van der Waals surface area contributed by atoms with Gasteiger partial charge in [0.25, 0.3) is 17.5 Å². The zero-order valence-corrected chi connectivity index (χ0v) is 26.0. The maximum Gasteiger partial charge on any atom is 0.432 e. The van der Waals surface area contributed by atoms with E-state index in [0.29, 0.717) is 0 Å². The molecule has 52 heavy (non-hydrogen) atoms. The van der Waals surface area contributed by atoms with Crippen LogP contribution in [0.2, 0.25) is 0 Å². The smallest absolute Gasteiger partial charge is 0.432 e. The maximum absolute atomic E-state index is 14.8. The molecule has 0 radical (unpaired) electrons. The molecule has 4 unspecified atom stereocenters. The van der Waals surface area contributed by atoms with Gasteiger partial charge in [0.15, 0.2) is 11.4 Å². The second-order valence-electron chi connectivity index (χ2n) is 11.8. The molecular formula is C32H25F6N5O9. The zero-order valence-electron chi connectivity index (χ0n) is 26.0. The fourth-order valence-corrected chi connectivity index (χ4v) is 6.25. The number of ether oxygens (including phenoxy) is 2. The number of benzene rings is 3. The second-order valence-corrected chi connectivity index (χ2v) is 11.8. The number of hydrogen-bond donors (Lipinski definition) is 3. The molecule has 2 amide bonds. The summed E-state index contributed by atoms with van der Waals surface area (Å²) in [7, 11) is 0. The number of carbonyl (C=O) groups is 2. The Balaban J connectivity index is 1.51. The van der Waals surface area contributed by atoms with Crippen molar-refractivity contribution in [2.24, 2.45) is 28.0 Å². The normalized spacial score (nSPS) is 27.4. The quantitative estimate of drug-likeness (QED) is 0.177. The maximum atomic E-state index is 14.8. The number of rotatable bonds is 8. The number of carbonyl (C=O) groups excluding carboxylic acids is 2. The molecule has 7 atom stereocenters. The van der Waals surface area contributed by atoms with Crippen LogP contribution in [0.25, 0.3) is 0 Å². The fourth-order valence-electron chi connectivity index (χ4n) is 6.25. The molecule has 1 fully saturated rings. The summed E-state index contributed by atoms with van der Waals surface area (Å²) in [6, 6.07) is 17.0. The largest absolute Gasteiger partial charge is 0.462 e. The number of para-hydroxylation sites is 2.